The summed E-state index contributed by atoms with van der Waals surface area (Å²) in [6.07, 6.45) is 7.05. The lowest BCUT2D eigenvalue weighted by Crippen LogP contribution is -2.09. The highest BCUT2D eigenvalue weighted by Crippen LogP contribution is 2.25. The summed E-state index contributed by atoms with van der Waals surface area (Å²) in [5, 5.41) is 0. The molecule has 0 radical (unpaired) electrons. The molecule has 3 heteroatoms. The molecule has 0 N–H and O–H groups in total. The summed E-state index contributed by atoms with van der Waals surface area (Å²) in [5.74, 6) is -0.981. The molecule has 0 aliphatic heterocycles. The lowest BCUT2D eigenvalue weighted by Gasteiger charge is -2.09. The molecule has 0 saturated carbocycles. The Bertz CT molecular complexity index is 466. The Hall–Kier alpha value is -1.64. The van der Waals surface area contributed by atoms with Crippen LogP contribution in [0.5, 0.6) is 0 Å². The highest BCUT2D eigenvalue weighted by atomic mass is 19.1. The second-order valence-electron chi connectivity index (χ2n) is 5.40. The normalized spacial score (nSPS) is 12.0. The second-order valence-corrected chi connectivity index (χ2v) is 5.40. The zero-order valence-corrected chi connectivity index (χ0v) is 13.7. The van der Waals surface area contributed by atoms with E-state index >= 15 is 0 Å². The molecule has 1 rings (SSSR count). The first-order valence-electron chi connectivity index (χ1n) is 8.31. The molecule has 0 aliphatic carbocycles. The lowest BCUT2D eigenvalue weighted by atomic mass is 10.0. The Morgan fingerprint density at radius 1 is 1.00 bits per heavy atom. The summed E-state index contributed by atoms with van der Waals surface area (Å²) in [4.78, 5) is 12.0. The van der Waals surface area contributed by atoms with Gasteiger partial charge in [-0.25, -0.2) is 9.18 Å². The van der Waals surface area contributed by atoms with Crippen LogP contribution in [0.3, 0.4) is 0 Å². The van der Waals surface area contributed by atoms with Gasteiger partial charge in [0.15, 0.2) is 0 Å². The smallest absolute Gasteiger partial charge is 0.336 e. The van der Waals surface area contributed by atoms with Crippen LogP contribution in [0.1, 0.15) is 64.4 Å². The molecule has 0 atom stereocenters. The van der Waals surface area contributed by atoms with Crippen LogP contribution in [0.4, 0.5) is 4.39 Å². The molecule has 0 spiro atoms. The molecular formula is C19H27FO2. The maximum Gasteiger partial charge on any atom is 0.336 e. The maximum absolute atomic E-state index is 14.6. The Morgan fingerprint density at radius 3 is 2.27 bits per heavy atom. The number of carbonyl (C=O) groups is 1. The van der Waals surface area contributed by atoms with E-state index in [1.807, 2.05) is 6.07 Å². The van der Waals surface area contributed by atoms with Crippen LogP contribution >= 0.6 is 0 Å². The molecule has 0 saturated heterocycles. The van der Waals surface area contributed by atoms with Gasteiger partial charge in [-0.3, -0.25) is 0 Å². The van der Waals surface area contributed by atoms with Crippen LogP contribution in [0, 0.1) is 0 Å². The molecule has 0 bridgehead atoms. The highest BCUT2D eigenvalue weighted by molar-refractivity contribution is 5.96. The van der Waals surface area contributed by atoms with Gasteiger partial charge < -0.3 is 4.74 Å². The summed E-state index contributed by atoms with van der Waals surface area (Å²) >= 11 is 0. The molecule has 22 heavy (non-hydrogen) atoms. The van der Waals surface area contributed by atoms with Crippen molar-refractivity contribution >= 4 is 11.8 Å². The van der Waals surface area contributed by atoms with E-state index in [9.17, 15) is 9.18 Å². The summed E-state index contributed by atoms with van der Waals surface area (Å²) in [6, 6.07) is 8.71. The summed E-state index contributed by atoms with van der Waals surface area (Å²) in [5.41, 5.74) is 0.611. The van der Waals surface area contributed by atoms with E-state index in [0.717, 1.165) is 19.3 Å². The molecule has 0 amide bonds. The van der Waals surface area contributed by atoms with Crippen LogP contribution in [0.15, 0.2) is 35.9 Å². The van der Waals surface area contributed by atoms with Crippen molar-refractivity contribution in [1.82, 2.24) is 0 Å². The van der Waals surface area contributed by atoms with Crippen LogP contribution in [-0.4, -0.2) is 12.6 Å². The first kappa shape index (κ1) is 18.4. The van der Waals surface area contributed by atoms with Crippen molar-refractivity contribution in [2.24, 2.45) is 0 Å². The van der Waals surface area contributed by atoms with E-state index in [-0.39, 0.29) is 12.2 Å². The van der Waals surface area contributed by atoms with E-state index in [1.165, 1.54) is 19.3 Å². The summed E-state index contributed by atoms with van der Waals surface area (Å²) < 4.78 is 19.6. The molecule has 1 aromatic rings. The first-order valence-corrected chi connectivity index (χ1v) is 8.31. The number of unbranched alkanes of at least 4 members (excludes halogenated alkanes) is 5. The fourth-order valence-electron chi connectivity index (χ4n) is 2.36. The molecule has 0 unspecified atom stereocenters. The van der Waals surface area contributed by atoms with Crippen molar-refractivity contribution in [3.05, 3.63) is 41.5 Å². The number of hydrogen-bond acceptors (Lipinski definition) is 2. The molecular weight excluding hydrogens is 279 g/mol. The molecule has 0 aromatic heterocycles. The Labute approximate surface area is 133 Å². The third-order valence-electron chi connectivity index (χ3n) is 3.59. The second kappa shape index (κ2) is 11.0. The minimum Gasteiger partial charge on any atom is -0.463 e. The fraction of sp³-hybridized carbons (Fsp3) is 0.526. The van der Waals surface area contributed by atoms with Gasteiger partial charge in [0.25, 0.3) is 0 Å². The Kier molecular flexibility index (Phi) is 9.20. The SMILES string of the molecule is CCCCCCCC/C(C(=O)OCC)=C(\F)c1ccccc1. The quantitative estimate of drug-likeness (QED) is 0.316. The number of ether oxygens (including phenoxy) is 1. The van der Waals surface area contributed by atoms with E-state index in [4.69, 9.17) is 4.74 Å². The monoisotopic (exact) mass is 306 g/mol. The third-order valence-corrected chi connectivity index (χ3v) is 3.59. The molecule has 122 valence electrons. The summed E-state index contributed by atoms with van der Waals surface area (Å²) in [7, 11) is 0. The van der Waals surface area contributed by atoms with Gasteiger partial charge in [0.2, 0.25) is 0 Å². The minimum atomic E-state index is -0.530. The summed E-state index contributed by atoms with van der Waals surface area (Å²) in [6.45, 7) is 4.18. The number of halogens is 1. The number of hydrogen-bond donors (Lipinski definition) is 0. The standard InChI is InChI=1S/C19H27FO2/c1-3-5-6-7-8-12-15-17(19(21)22-4-2)18(20)16-13-10-9-11-14-16/h9-11,13-14H,3-8,12,15H2,1-2H3/b18-17+. The number of esters is 1. The van der Waals surface area contributed by atoms with Crippen molar-refractivity contribution in [2.45, 2.75) is 58.8 Å². The number of rotatable bonds is 10. The van der Waals surface area contributed by atoms with Crippen molar-refractivity contribution in [2.75, 3.05) is 6.61 Å². The van der Waals surface area contributed by atoms with E-state index < -0.39 is 11.8 Å². The van der Waals surface area contributed by atoms with Gasteiger partial charge in [0, 0.05) is 5.56 Å². The zero-order chi connectivity index (χ0) is 16.2. The van der Waals surface area contributed by atoms with E-state index in [2.05, 4.69) is 6.92 Å². The van der Waals surface area contributed by atoms with Crippen molar-refractivity contribution in [1.29, 1.82) is 0 Å². The Balaban J connectivity index is 2.70. The van der Waals surface area contributed by atoms with Gasteiger partial charge in [0.1, 0.15) is 5.83 Å². The van der Waals surface area contributed by atoms with Gasteiger partial charge in [-0.2, -0.15) is 0 Å². The van der Waals surface area contributed by atoms with Crippen LogP contribution in [0.25, 0.3) is 5.83 Å². The molecule has 0 fully saturated rings. The zero-order valence-electron chi connectivity index (χ0n) is 13.7. The van der Waals surface area contributed by atoms with E-state index in [0.29, 0.717) is 12.0 Å². The minimum absolute atomic E-state index is 0.170. The van der Waals surface area contributed by atoms with Crippen molar-refractivity contribution < 1.29 is 13.9 Å². The van der Waals surface area contributed by atoms with Crippen LogP contribution < -0.4 is 0 Å². The van der Waals surface area contributed by atoms with Crippen molar-refractivity contribution in [3.8, 4) is 0 Å². The van der Waals surface area contributed by atoms with Crippen LogP contribution in [0.2, 0.25) is 0 Å². The van der Waals surface area contributed by atoms with Crippen molar-refractivity contribution in [3.63, 3.8) is 0 Å². The third kappa shape index (κ3) is 6.42. The fourth-order valence-corrected chi connectivity index (χ4v) is 2.36. The van der Waals surface area contributed by atoms with Gasteiger partial charge in [0.05, 0.1) is 12.2 Å². The highest BCUT2D eigenvalue weighted by Gasteiger charge is 2.17. The number of benzene rings is 1. The lowest BCUT2D eigenvalue weighted by molar-refractivity contribution is -0.138. The van der Waals surface area contributed by atoms with Crippen LogP contribution in [-0.2, 0) is 9.53 Å². The average Bonchev–Trinajstić information content (AvgIpc) is 2.54. The van der Waals surface area contributed by atoms with Gasteiger partial charge in [-0.15, -0.1) is 0 Å². The largest absolute Gasteiger partial charge is 0.463 e. The van der Waals surface area contributed by atoms with Gasteiger partial charge in [-0.05, 0) is 19.8 Å². The molecule has 0 aliphatic rings. The number of carbonyl (C=O) groups excluding carboxylic acids is 1. The average molecular weight is 306 g/mol. The predicted octanol–water partition coefficient (Wildman–Crippen LogP) is 5.68. The first-order chi connectivity index (χ1) is 10.7. The van der Waals surface area contributed by atoms with Gasteiger partial charge in [-0.1, -0.05) is 69.4 Å². The van der Waals surface area contributed by atoms with E-state index in [1.54, 1.807) is 31.2 Å². The van der Waals surface area contributed by atoms with Gasteiger partial charge >= 0.3 is 5.97 Å². The Morgan fingerprint density at radius 2 is 1.64 bits per heavy atom. The molecule has 0 heterocycles. The molecule has 1 aromatic carbocycles. The maximum atomic E-state index is 14.6. The predicted molar refractivity (Wildman–Crippen MR) is 89.1 cm³/mol. The topological polar surface area (TPSA) is 26.3 Å². The molecule has 2 nitrogen and oxygen atoms in total.